The predicted octanol–water partition coefficient (Wildman–Crippen LogP) is 0.381. The third-order valence-electron chi connectivity index (χ3n) is 8.46. The first-order valence-electron chi connectivity index (χ1n) is 16.5. The SMILES string of the molecule is CCCCCCC1OC(=O)CNC(=O)[C@H]([C@@H](C)O)NC(=O)[C@H](CO)NC(=O)[C@H]([C@@H](C)CC)NC(=O)[C@H](CC(C)C)N(C)C(=O)[C@@H]1C. The van der Waals surface area contributed by atoms with E-state index in [-0.39, 0.29) is 12.3 Å². The second kappa shape index (κ2) is 20.1. The van der Waals surface area contributed by atoms with Gasteiger partial charge in [0.1, 0.15) is 36.8 Å². The van der Waals surface area contributed by atoms with E-state index in [0.29, 0.717) is 19.3 Å². The van der Waals surface area contributed by atoms with Gasteiger partial charge in [0.2, 0.25) is 29.5 Å². The number of ether oxygens (including phenoxy) is 1. The van der Waals surface area contributed by atoms with Crippen LogP contribution in [-0.2, 0) is 33.5 Å². The third-order valence-corrected chi connectivity index (χ3v) is 8.46. The van der Waals surface area contributed by atoms with Crippen LogP contribution in [0.3, 0.4) is 0 Å². The van der Waals surface area contributed by atoms with E-state index in [1.54, 1.807) is 13.8 Å². The summed E-state index contributed by atoms with van der Waals surface area (Å²) in [7, 11) is 1.50. The van der Waals surface area contributed by atoms with Gasteiger partial charge in [0.25, 0.3) is 0 Å². The standard InChI is InChI=1S/C32H57N5O9/c1-9-11-12-13-14-24-20(6)32(45)37(8)23(15-18(3)4)29(42)35-26(19(5)10-2)31(44)34-22(17-38)28(41)36-27(21(7)39)30(43)33-16-25(40)46-24/h18-24,26-27,38-39H,9-17H2,1-8H3,(H,33,43)(H,34,44)(H,35,42)(H,36,41)/t19-,20+,21+,22-,23-,24?,26-,27-/m0/s1. The summed E-state index contributed by atoms with van der Waals surface area (Å²) in [6.07, 6.45) is 2.37. The van der Waals surface area contributed by atoms with E-state index < -0.39 is 96.9 Å². The second-order valence-corrected chi connectivity index (χ2v) is 12.8. The van der Waals surface area contributed by atoms with Gasteiger partial charge >= 0.3 is 5.97 Å². The van der Waals surface area contributed by atoms with E-state index in [1.165, 1.54) is 18.9 Å². The lowest BCUT2D eigenvalue weighted by Crippen LogP contribution is -2.61. The van der Waals surface area contributed by atoms with Gasteiger partial charge in [-0.05, 0) is 38.0 Å². The van der Waals surface area contributed by atoms with Crippen LogP contribution in [0.25, 0.3) is 0 Å². The van der Waals surface area contributed by atoms with E-state index in [4.69, 9.17) is 4.74 Å². The maximum atomic E-state index is 13.9. The molecule has 0 aromatic carbocycles. The Bertz CT molecular complexity index is 1040. The molecule has 1 saturated heterocycles. The minimum atomic E-state index is -1.53. The van der Waals surface area contributed by atoms with Gasteiger partial charge in [-0.2, -0.15) is 0 Å². The zero-order chi connectivity index (χ0) is 35.1. The summed E-state index contributed by atoms with van der Waals surface area (Å²) in [6, 6.07) is -5.15. The Hall–Kier alpha value is -3.26. The predicted molar refractivity (Wildman–Crippen MR) is 171 cm³/mol. The number of unbranched alkanes of at least 4 members (excludes halogenated alkanes) is 3. The molecule has 14 nitrogen and oxygen atoms in total. The highest BCUT2D eigenvalue weighted by Crippen LogP contribution is 2.22. The molecule has 1 fully saturated rings. The van der Waals surface area contributed by atoms with Gasteiger partial charge in [-0.25, -0.2) is 0 Å². The quantitative estimate of drug-likeness (QED) is 0.134. The normalized spacial score (nSPS) is 27.8. The van der Waals surface area contributed by atoms with Crippen LogP contribution in [0.2, 0.25) is 0 Å². The molecular formula is C32H57N5O9. The Morgan fingerprint density at radius 2 is 1.50 bits per heavy atom. The molecule has 0 aliphatic carbocycles. The number of hydrogen-bond acceptors (Lipinski definition) is 9. The number of nitrogens with zero attached hydrogens (tertiary/aromatic N) is 1. The number of rotatable bonds is 11. The van der Waals surface area contributed by atoms with Crippen LogP contribution in [0.4, 0.5) is 0 Å². The van der Waals surface area contributed by atoms with Crippen LogP contribution in [0.15, 0.2) is 0 Å². The highest BCUT2D eigenvalue weighted by molar-refractivity contribution is 5.96. The van der Waals surface area contributed by atoms with Gasteiger partial charge in [-0.3, -0.25) is 28.8 Å². The Morgan fingerprint density at radius 3 is 2.04 bits per heavy atom. The summed E-state index contributed by atoms with van der Waals surface area (Å²) in [5.74, 6) is -5.66. The highest BCUT2D eigenvalue weighted by atomic mass is 16.5. The van der Waals surface area contributed by atoms with Crippen molar-refractivity contribution in [1.29, 1.82) is 0 Å². The number of likely N-dealkylation sites (N-methyl/N-ethyl adjacent to an activating group) is 1. The average Bonchev–Trinajstić information content (AvgIpc) is 3.01. The third kappa shape index (κ3) is 12.5. The number of carbonyl (C=O) groups is 6. The largest absolute Gasteiger partial charge is 0.460 e. The fourth-order valence-corrected chi connectivity index (χ4v) is 5.25. The fourth-order valence-electron chi connectivity index (χ4n) is 5.25. The maximum Gasteiger partial charge on any atom is 0.325 e. The molecule has 264 valence electrons. The van der Waals surface area contributed by atoms with Crippen molar-refractivity contribution in [3.63, 3.8) is 0 Å². The Kier molecular flexibility index (Phi) is 17.8. The fraction of sp³-hybridized carbons (Fsp3) is 0.812. The zero-order valence-corrected chi connectivity index (χ0v) is 28.8. The zero-order valence-electron chi connectivity index (χ0n) is 28.8. The first-order valence-corrected chi connectivity index (χ1v) is 16.5. The van der Waals surface area contributed by atoms with Crippen molar-refractivity contribution in [2.45, 2.75) is 130 Å². The maximum absolute atomic E-state index is 13.9. The molecule has 6 N–H and O–H groups in total. The summed E-state index contributed by atoms with van der Waals surface area (Å²) in [5.41, 5.74) is 0. The molecular weight excluding hydrogens is 598 g/mol. The summed E-state index contributed by atoms with van der Waals surface area (Å²) >= 11 is 0. The van der Waals surface area contributed by atoms with Crippen molar-refractivity contribution in [3.8, 4) is 0 Å². The summed E-state index contributed by atoms with van der Waals surface area (Å²) in [4.78, 5) is 81.3. The molecule has 1 rings (SSSR count). The van der Waals surface area contributed by atoms with Gasteiger partial charge in [0, 0.05) is 7.05 Å². The minimum absolute atomic E-state index is 0.00519. The van der Waals surface area contributed by atoms with E-state index in [0.717, 1.165) is 19.3 Å². The number of carbonyl (C=O) groups excluding carboxylic acids is 6. The molecule has 1 unspecified atom stereocenters. The molecule has 1 aliphatic rings. The number of aliphatic hydroxyl groups excluding tert-OH is 2. The van der Waals surface area contributed by atoms with E-state index >= 15 is 0 Å². The molecule has 0 saturated carbocycles. The number of esters is 1. The smallest absolute Gasteiger partial charge is 0.325 e. The average molecular weight is 656 g/mol. The van der Waals surface area contributed by atoms with E-state index in [1.807, 2.05) is 20.8 Å². The number of amides is 5. The van der Waals surface area contributed by atoms with E-state index in [9.17, 15) is 39.0 Å². The Labute approximate surface area is 273 Å². The van der Waals surface area contributed by atoms with Crippen LogP contribution < -0.4 is 21.3 Å². The minimum Gasteiger partial charge on any atom is -0.460 e. The van der Waals surface area contributed by atoms with Crippen molar-refractivity contribution < 1.29 is 43.7 Å². The first-order chi connectivity index (χ1) is 21.6. The van der Waals surface area contributed by atoms with Crippen LogP contribution in [0.5, 0.6) is 0 Å². The van der Waals surface area contributed by atoms with Gasteiger partial charge in [0.05, 0.1) is 18.6 Å². The number of nitrogens with one attached hydrogen (secondary N) is 4. The molecule has 46 heavy (non-hydrogen) atoms. The molecule has 0 bridgehead atoms. The topological polar surface area (TPSA) is 203 Å². The monoisotopic (exact) mass is 655 g/mol. The van der Waals surface area contributed by atoms with Crippen LogP contribution >= 0.6 is 0 Å². The highest BCUT2D eigenvalue weighted by Gasteiger charge is 2.38. The van der Waals surface area contributed by atoms with Crippen molar-refractivity contribution in [2.24, 2.45) is 17.8 Å². The van der Waals surface area contributed by atoms with Gasteiger partial charge in [-0.15, -0.1) is 0 Å². The Balaban J connectivity index is 3.62. The molecule has 14 heteroatoms. The van der Waals surface area contributed by atoms with Crippen LogP contribution in [0.1, 0.15) is 93.4 Å². The Morgan fingerprint density at radius 1 is 0.870 bits per heavy atom. The number of cyclic esters (lactones) is 1. The van der Waals surface area contributed by atoms with Crippen molar-refractivity contribution in [1.82, 2.24) is 26.2 Å². The van der Waals surface area contributed by atoms with Crippen molar-refractivity contribution >= 4 is 35.5 Å². The molecule has 0 spiro atoms. The lowest BCUT2D eigenvalue weighted by molar-refractivity contribution is -0.157. The molecule has 0 aromatic heterocycles. The molecule has 8 atom stereocenters. The molecule has 1 aliphatic heterocycles. The van der Waals surface area contributed by atoms with Crippen LogP contribution in [0, 0.1) is 17.8 Å². The summed E-state index contributed by atoms with van der Waals surface area (Å²) in [5, 5.41) is 30.0. The van der Waals surface area contributed by atoms with Crippen molar-refractivity contribution in [2.75, 3.05) is 20.2 Å². The second-order valence-electron chi connectivity index (χ2n) is 12.8. The number of hydrogen-bond donors (Lipinski definition) is 6. The van der Waals surface area contributed by atoms with Gasteiger partial charge in [-0.1, -0.05) is 67.2 Å². The number of aliphatic hydroxyl groups is 2. The lowest BCUT2D eigenvalue weighted by Gasteiger charge is -2.34. The lowest BCUT2D eigenvalue weighted by atomic mass is 9.94. The van der Waals surface area contributed by atoms with E-state index in [2.05, 4.69) is 28.2 Å². The molecule has 1 heterocycles. The summed E-state index contributed by atoms with van der Waals surface area (Å²) < 4.78 is 5.71. The van der Waals surface area contributed by atoms with Crippen molar-refractivity contribution in [3.05, 3.63) is 0 Å². The molecule has 0 aromatic rings. The summed E-state index contributed by atoms with van der Waals surface area (Å²) in [6.45, 7) is 10.9. The first kappa shape index (κ1) is 40.8. The molecule has 0 radical (unpaired) electrons. The van der Waals surface area contributed by atoms with Crippen LogP contribution in [-0.4, -0.2) is 107 Å². The van der Waals surface area contributed by atoms with Gasteiger partial charge in [0.15, 0.2) is 0 Å². The van der Waals surface area contributed by atoms with Gasteiger partial charge < -0.3 is 41.1 Å². The molecule has 5 amide bonds.